The van der Waals surface area contributed by atoms with Crippen LogP contribution in [0.1, 0.15) is 56.3 Å². The number of carbonyl (C=O) groups is 4. The summed E-state index contributed by atoms with van der Waals surface area (Å²) < 4.78 is 0. The molecule has 0 atom stereocenters. The number of hydrogen-bond acceptors (Lipinski definition) is 8. The van der Waals surface area contributed by atoms with E-state index in [1.54, 1.807) is 97.1 Å². The normalized spacial score (nSPS) is 22.0. The first kappa shape index (κ1) is 41.7. The van der Waals surface area contributed by atoms with Crippen molar-refractivity contribution in [2.75, 3.05) is 0 Å². The van der Waals surface area contributed by atoms with Crippen LogP contribution in [0.25, 0.3) is 0 Å². The number of carboxylic acid groups (broad SMARTS) is 4. The minimum atomic E-state index is -2.18. The molecule has 0 aliphatic heterocycles. The summed E-state index contributed by atoms with van der Waals surface area (Å²) >= 11 is 0. The third-order valence-electron chi connectivity index (χ3n) is 9.63. The van der Waals surface area contributed by atoms with E-state index in [0.717, 1.165) is 0 Å². The van der Waals surface area contributed by atoms with Crippen LogP contribution in [0.5, 0.6) is 0 Å². The molecule has 10 rings (SSSR count). The number of hydrogen-bond donors (Lipinski definition) is 0. The molecule has 4 bridgehead atoms. The first-order chi connectivity index (χ1) is 20.2. The number of rotatable bonds is 6. The summed E-state index contributed by atoms with van der Waals surface area (Å²) in [7, 11) is 0. The van der Waals surface area contributed by atoms with Gasteiger partial charge in [-0.3, -0.25) is 0 Å². The monoisotopic (exact) mass is 712 g/mol. The number of carboxylic acids is 4. The van der Waals surface area contributed by atoms with Gasteiger partial charge in [0.25, 0.3) is 0 Å². The topological polar surface area (TPSA) is 161 Å². The largest absolute Gasteiger partial charge is 1.00 e. The average molecular weight is 713 g/mol. The molecule has 0 aromatic heterocycles. The summed E-state index contributed by atoms with van der Waals surface area (Å²) in [5.74, 6) is -13.8. The van der Waals surface area contributed by atoms with Gasteiger partial charge in [-0.1, -0.05) is 97.1 Å². The minimum absolute atomic E-state index is 0. The van der Waals surface area contributed by atoms with Crippen LogP contribution >= 0.6 is 0 Å². The SMILES string of the molecule is O=C([O-])C(C(=O)[O-])C12c3ccccc3C(c3ccccc31)C1(C(C(=O)[O-])C(=O)[O-])c3ccccc3C2c2ccccc21.[K+].[K+].[K+].[K+]. The van der Waals surface area contributed by atoms with E-state index >= 15 is 0 Å². The van der Waals surface area contributed by atoms with Crippen LogP contribution in [0.15, 0.2) is 97.1 Å². The molecule has 0 N–H and O–H groups in total. The molecule has 0 unspecified atom stereocenters. The predicted molar refractivity (Wildman–Crippen MR) is 138 cm³/mol. The molecule has 0 saturated carbocycles. The van der Waals surface area contributed by atoms with E-state index < -0.39 is 58.4 Å². The van der Waals surface area contributed by atoms with Gasteiger partial charge in [0.05, 0.1) is 35.7 Å². The van der Waals surface area contributed by atoms with Gasteiger partial charge in [-0.05, 0) is 44.5 Å². The standard InChI is InChI=1S/C34H24O8.4K/c35-29(36)27(30(37)38)33-21-13-5-1-9-17(21)25(18-10-2-6-14-22(18)33)34(28(31(39)40)32(41)42)23-15-7-3-11-19(23)26(33)20-12-4-8-16-24(20)34;;;;/h1-16,25-28H,(H,35,36)(H,37,38)(H,39,40)(H,41,42);;;;/q;4*+1/p-4. The Bertz CT molecular complexity index is 1620. The van der Waals surface area contributed by atoms with Crippen LogP contribution < -0.4 is 226 Å². The van der Waals surface area contributed by atoms with Gasteiger partial charge in [0.1, 0.15) is 0 Å². The summed E-state index contributed by atoms with van der Waals surface area (Å²) in [5, 5.41) is 51.9. The van der Waals surface area contributed by atoms with Gasteiger partial charge >= 0.3 is 206 Å². The Balaban J connectivity index is 0.00000144. The van der Waals surface area contributed by atoms with E-state index in [-0.39, 0.29) is 206 Å². The Hall–Kier alpha value is 1.31. The van der Waals surface area contributed by atoms with Crippen LogP contribution in [0.2, 0.25) is 0 Å². The Morgan fingerprint density at radius 1 is 0.413 bits per heavy atom. The van der Waals surface area contributed by atoms with Crippen LogP contribution in [-0.4, -0.2) is 23.9 Å². The van der Waals surface area contributed by atoms with Crippen molar-refractivity contribution in [3.8, 4) is 0 Å². The zero-order chi connectivity index (χ0) is 29.6. The van der Waals surface area contributed by atoms with Gasteiger partial charge in [-0.25, -0.2) is 0 Å². The van der Waals surface area contributed by atoms with Crippen LogP contribution in [0.4, 0.5) is 0 Å². The molecule has 0 heterocycles. The maximum Gasteiger partial charge on any atom is 1.00 e. The number of benzene rings is 4. The summed E-state index contributed by atoms with van der Waals surface area (Å²) in [4.78, 5) is 51.9. The molecule has 0 spiro atoms. The fraction of sp³-hybridized carbons (Fsp3) is 0.176. The molecule has 0 saturated heterocycles. The summed E-state index contributed by atoms with van der Waals surface area (Å²) in [6.07, 6.45) is 0. The van der Waals surface area contributed by atoms with Crippen LogP contribution in [0, 0.1) is 11.8 Å². The molecule has 4 aromatic rings. The minimum Gasteiger partial charge on any atom is -0.549 e. The van der Waals surface area contributed by atoms with Crippen molar-refractivity contribution in [3.63, 3.8) is 0 Å². The quantitative estimate of drug-likeness (QED) is 0.141. The van der Waals surface area contributed by atoms with E-state index in [0.29, 0.717) is 44.5 Å². The Kier molecular flexibility index (Phi) is 14.4. The molecule has 0 fully saturated rings. The molecule has 4 aromatic carbocycles. The van der Waals surface area contributed by atoms with Gasteiger partial charge in [0.15, 0.2) is 0 Å². The van der Waals surface area contributed by atoms with Gasteiger partial charge in [-0.2, -0.15) is 0 Å². The first-order valence-electron chi connectivity index (χ1n) is 13.4. The van der Waals surface area contributed by atoms with Gasteiger partial charge < -0.3 is 39.6 Å². The smallest absolute Gasteiger partial charge is 0.549 e. The van der Waals surface area contributed by atoms with Crippen molar-refractivity contribution < 1.29 is 245 Å². The third-order valence-corrected chi connectivity index (χ3v) is 9.63. The Morgan fingerprint density at radius 2 is 0.609 bits per heavy atom. The van der Waals surface area contributed by atoms with Gasteiger partial charge in [0, 0.05) is 22.7 Å². The van der Waals surface area contributed by atoms with Crippen molar-refractivity contribution in [3.05, 3.63) is 142 Å². The fourth-order valence-corrected chi connectivity index (χ4v) is 8.62. The van der Waals surface area contributed by atoms with Crippen molar-refractivity contribution in [2.24, 2.45) is 11.8 Å². The molecule has 0 amide bonds. The zero-order valence-electron chi connectivity index (χ0n) is 25.8. The zero-order valence-corrected chi connectivity index (χ0v) is 38.3. The molecule has 6 aliphatic carbocycles. The summed E-state index contributed by atoms with van der Waals surface area (Å²) in [5.41, 5.74) is -0.730. The van der Waals surface area contributed by atoms with Crippen LogP contribution in [-0.2, 0) is 30.0 Å². The van der Waals surface area contributed by atoms with Gasteiger partial charge in [-0.15, -0.1) is 0 Å². The predicted octanol–water partition coefficient (Wildman–Crippen LogP) is -12.9. The maximum atomic E-state index is 13.0. The number of carbonyl (C=O) groups excluding carboxylic acids is 4. The average Bonchev–Trinajstić information content (AvgIpc) is 2.95. The molecule has 46 heavy (non-hydrogen) atoms. The van der Waals surface area contributed by atoms with Crippen molar-refractivity contribution in [1.82, 2.24) is 0 Å². The second kappa shape index (κ2) is 15.9. The molecule has 12 heteroatoms. The fourth-order valence-electron chi connectivity index (χ4n) is 8.62. The van der Waals surface area contributed by atoms with Crippen LogP contribution in [0.3, 0.4) is 0 Å². The van der Waals surface area contributed by atoms with Crippen molar-refractivity contribution in [2.45, 2.75) is 22.7 Å². The van der Waals surface area contributed by atoms with Crippen molar-refractivity contribution >= 4 is 23.9 Å². The second-order valence-corrected chi connectivity index (χ2v) is 11.1. The van der Waals surface area contributed by atoms with E-state index in [4.69, 9.17) is 0 Å². The van der Waals surface area contributed by atoms with Gasteiger partial charge in [0.2, 0.25) is 0 Å². The maximum absolute atomic E-state index is 13.0. The molecule has 6 aliphatic rings. The molecule has 208 valence electrons. The Morgan fingerprint density at radius 3 is 0.804 bits per heavy atom. The van der Waals surface area contributed by atoms with E-state index in [9.17, 15) is 39.6 Å². The molecule has 0 radical (unpaired) electrons. The molecular formula is C34H20K4O8. The molecular weight excluding hydrogens is 693 g/mol. The summed E-state index contributed by atoms with van der Waals surface area (Å²) in [6.45, 7) is 0. The van der Waals surface area contributed by atoms with E-state index in [2.05, 4.69) is 0 Å². The first-order valence-corrected chi connectivity index (χ1v) is 13.4. The summed E-state index contributed by atoms with van der Waals surface area (Å²) in [6, 6.07) is 26.5. The molecule has 8 nitrogen and oxygen atoms in total. The number of aliphatic carboxylic acids is 4. The third kappa shape index (κ3) is 5.66. The second-order valence-electron chi connectivity index (χ2n) is 11.1. The van der Waals surface area contributed by atoms with Crippen molar-refractivity contribution in [1.29, 1.82) is 0 Å². The van der Waals surface area contributed by atoms with E-state index in [1.807, 2.05) is 0 Å². The Labute approximate surface area is 435 Å². The van der Waals surface area contributed by atoms with E-state index in [1.165, 1.54) is 0 Å².